The Morgan fingerprint density at radius 1 is 1.23 bits per heavy atom. The average Bonchev–Trinajstić information content (AvgIpc) is 2.50. The minimum absolute atomic E-state index is 0.389. The molecule has 6 heteroatoms. The largest absolute Gasteiger partial charge is 0.325 e. The molecule has 0 aliphatic rings. The highest BCUT2D eigenvalue weighted by Crippen LogP contribution is 2.20. The highest BCUT2D eigenvalue weighted by atomic mass is 79.9. The number of aromatic nitrogens is 3. The Morgan fingerprint density at radius 2 is 1.85 bits per heavy atom. The van der Waals surface area contributed by atoms with E-state index in [9.17, 15) is 0 Å². The predicted octanol–water partition coefficient (Wildman–Crippen LogP) is 1.71. The molecule has 0 aromatic carbocycles. The summed E-state index contributed by atoms with van der Waals surface area (Å²) in [4.78, 5) is 8.36. The number of nitrogens with two attached hydrogens (primary N) is 1. The SMILES string of the molecule is NCc1ncc(Br)n2c(Br)cnc12. The quantitative estimate of drug-likeness (QED) is 0.872. The van der Waals surface area contributed by atoms with Crippen LogP contribution >= 0.6 is 31.9 Å². The van der Waals surface area contributed by atoms with Gasteiger partial charge in [-0.1, -0.05) is 0 Å². The number of imidazole rings is 1. The van der Waals surface area contributed by atoms with Gasteiger partial charge in [0, 0.05) is 6.54 Å². The Hall–Kier alpha value is -0.460. The van der Waals surface area contributed by atoms with Crippen molar-refractivity contribution in [3.8, 4) is 0 Å². The summed E-state index contributed by atoms with van der Waals surface area (Å²) in [6.07, 6.45) is 3.43. The van der Waals surface area contributed by atoms with Crippen molar-refractivity contribution in [2.45, 2.75) is 6.54 Å². The normalized spacial score (nSPS) is 11.0. The van der Waals surface area contributed by atoms with Crippen LogP contribution < -0.4 is 5.73 Å². The van der Waals surface area contributed by atoms with E-state index in [1.54, 1.807) is 12.4 Å². The molecule has 2 rings (SSSR count). The van der Waals surface area contributed by atoms with Gasteiger partial charge in [-0.25, -0.2) is 4.98 Å². The molecule has 0 bridgehead atoms. The number of hydrogen-bond donors (Lipinski definition) is 1. The lowest BCUT2D eigenvalue weighted by atomic mass is 10.4. The van der Waals surface area contributed by atoms with Crippen LogP contribution in [0.5, 0.6) is 0 Å². The van der Waals surface area contributed by atoms with Gasteiger partial charge in [0.1, 0.15) is 9.21 Å². The van der Waals surface area contributed by atoms with Gasteiger partial charge < -0.3 is 5.73 Å². The van der Waals surface area contributed by atoms with Gasteiger partial charge >= 0.3 is 0 Å². The second-order valence-electron chi connectivity index (χ2n) is 2.47. The highest BCUT2D eigenvalue weighted by Gasteiger charge is 2.08. The maximum atomic E-state index is 5.53. The molecule has 0 radical (unpaired) electrons. The smallest absolute Gasteiger partial charge is 0.161 e. The predicted molar refractivity (Wildman–Crippen MR) is 56.3 cm³/mol. The number of halogens is 2. The first-order chi connectivity index (χ1) is 6.24. The molecule has 0 saturated carbocycles. The van der Waals surface area contributed by atoms with Gasteiger partial charge in [-0.05, 0) is 31.9 Å². The van der Waals surface area contributed by atoms with Crippen molar-refractivity contribution in [2.75, 3.05) is 0 Å². The summed E-state index contributed by atoms with van der Waals surface area (Å²) in [7, 11) is 0. The van der Waals surface area contributed by atoms with Crippen molar-refractivity contribution in [2.24, 2.45) is 5.73 Å². The minimum atomic E-state index is 0.389. The topological polar surface area (TPSA) is 56.2 Å². The van der Waals surface area contributed by atoms with Crippen LogP contribution in [0.2, 0.25) is 0 Å². The lowest BCUT2D eigenvalue weighted by Crippen LogP contribution is -2.03. The summed E-state index contributed by atoms with van der Waals surface area (Å²) in [6.45, 7) is 0.389. The summed E-state index contributed by atoms with van der Waals surface area (Å²) in [5.41, 5.74) is 7.10. The standard InChI is InChI=1S/C7H6Br2N4/c8-5-2-11-4(1-10)7-12-3-6(9)13(5)7/h2-3H,1,10H2. The molecule has 4 nitrogen and oxygen atoms in total. The first-order valence-electron chi connectivity index (χ1n) is 3.60. The van der Waals surface area contributed by atoms with Gasteiger partial charge in [-0.15, -0.1) is 0 Å². The Bertz CT molecular complexity index is 451. The van der Waals surface area contributed by atoms with Crippen molar-refractivity contribution in [3.05, 3.63) is 27.3 Å². The van der Waals surface area contributed by atoms with Crippen molar-refractivity contribution < 1.29 is 0 Å². The Labute approximate surface area is 91.4 Å². The average molecular weight is 306 g/mol. The second-order valence-corrected chi connectivity index (χ2v) is 4.10. The number of hydrogen-bond acceptors (Lipinski definition) is 3. The third-order valence-electron chi connectivity index (χ3n) is 1.71. The molecular weight excluding hydrogens is 300 g/mol. The van der Waals surface area contributed by atoms with Crippen LogP contribution in [0, 0.1) is 0 Å². The van der Waals surface area contributed by atoms with Crippen LogP contribution in [0.4, 0.5) is 0 Å². The van der Waals surface area contributed by atoms with Crippen molar-refractivity contribution in [1.82, 2.24) is 14.4 Å². The zero-order chi connectivity index (χ0) is 9.42. The maximum absolute atomic E-state index is 5.53. The maximum Gasteiger partial charge on any atom is 0.161 e. The van der Waals surface area contributed by atoms with Gasteiger partial charge in [0.15, 0.2) is 5.65 Å². The molecular formula is C7H6Br2N4. The summed E-state index contributed by atoms with van der Waals surface area (Å²) in [5.74, 6) is 0. The molecule has 0 amide bonds. The van der Waals surface area contributed by atoms with E-state index in [0.29, 0.717) is 6.54 Å². The van der Waals surface area contributed by atoms with Crippen LogP contribution in [-0.2, 0) is 6.54 Å². The van der Waals surface area contributed by atoms with Gasteiger partial charge in [0.05, 0.1) is 18.1 Å². The third kappa shape index (κ3) is 1.38. The first-order valence-corrected chi connectivity index (χ1v) is 5.19. The molecule has 0 fully saturated rings. The molecule has 0 saturated heterocycles. The molecule has 0 unspecified atom stereocenters. The van der Waals surface area contributed by atoms with E-state index in [2.05, 4.69) is 41.8 Å². The lowest BCUT2D eigenvalue weighted by molar-refractivity contribution is 0.945. The van der Waals surface area contributed by atoms with E-state index in [4.69, 9.17) is 5.73 Å². The van der Waals surface area contributed by atoms with E-state index in [1.165, 1.54) is 0 Å². The van der Waals surface area contributed by atoms with Crippen LogP contribution in [0.15, 0.2) is 21.6 Å². The van der Waals surface area contributed by atoms with Gasteiger partial charge in [0.25, 0.3) is 0 Å². The molecule has 2 heterocycles. The highest BCUT2D eigenvalue weighted by molar-refractivity contribution is 9.11. The van der Waals surface area contributed by atoms with E-state index >= 15 is 0 Å². The molecule has 2 N–H and O–H groups in total. The molecule has 0 aliphatic heterocycles. The van der Waals surface area contributed by atoms with Crippen LogP contribution in [0.3, 0.4) is 0 Å². The second kappa shape index (κ2) is 3.36. The van der Waals surface area contributed by atoms with Crippen LogP contribution in [0.25, 0.3) is 5.65 Å². The van der Waals surface area contributed by atoms with Crippen LogP contribution in [0.1, 0.15) is 5.69 Å². The van der Waals surface area contributed by atoms with Gasteiger partial charge in [-0.2, -0.15) is 0 Å². The van der Waals surface area contributed by atoms with Crippen LogP contribution in [-0.4, -0.2) is 14.4 Å². The Kier molecular flexibility index (Phi) is 2.35. The number of fused-ring (bicyclic) bond motifs is 1. The molecule has 0 atom stereocenters. The van der Waals surface area contributed by atoms with Crippen molar-refractivity contribution in [3.63, 3.8) is 0 Å². The van der Waals surface area contributed by atoms with Crippen molar-refractivity contribution in [1.29, 1.82) is 0 Å². The minimum Gasteiger partial charge on any atom is -0.325 e. The lowest BCUT2D eigenvalue weighted by Gasteiger charge is -2.02. The summed E-state index contributed by atoms with van der Waals surface area (Å²) >= 11 is 6.76. The first kappa shape index (κ1) is 9.11. The fraction of sp³-hybridized carbons (Fsp3) is 0.143. The summed E-state index contributed by atoms with van der Waals surface area (Å²) in [6, 6.07) is 0. The number of rotatable bonds is 1. The third-order valence-corrected chi connectivity index (χ3v) is 2.83. The van der Waals surface area contributed by atoms with E-state index in [1.807, 2.05) is 4.40 Å². The Balaban J connectivity index is 2.87. The van der Waals surface area contributed by atoms with E-state index in [0.717, 1.165) is 20.5 Å². The number of nitrogens with zero attached hydrogens (tertiary/aromatic N) is 3. The monoisotopic (exact) mass is 304 g/mol. The molecule has 2 aromatic rings. The van der Waals surface area contributed by atoms with E-state index < -0.39 is 0 Å². The molecule has 0 aliphatic carbocycles. The van der Waals surface area contributed by atoms with Gasteiger partial charge in [0.2, 0.25) is 0 Å². The summed E-state index contributed by atoms with van der Waals surface area (Å²) < 4.78 is 3.63. The molecule has 13 heavy (non-hydrogen) atoms. The zero-order valence-corrected chi connectivity index (χ0v) is 9.71. The van der Waals surface area contributed by atoms with Gasteiger partial charge in [-0.3, -0.25) is 9.38 Å². The zero-order valence-electron chi connectivity index (χ0n) is 6.54. The fourth-order valence-corrected chi connectivity index (χ4v) is 2.29. The molecule has 2 aromatic heterocycles. The van der Waals surface area contributed by atoms with Crippen molar-refractivity contribution >= 4 is 37.5 Å². The van der Waals surface area contributed by atoms with E-state index in [-0.39, 0.29) is 0 Å². The molecule has 0 spiro atoms. The summed E-state index contributed by atoms with van der Waals surface area (Å²) in [5, 5.41) is 0. The Morgan fingerprint density at radius 3 is 2.46 bits per heavy atom. The molecule has 68 valence electrons. The fourth-order valence-electron chi connectivity index (χ4n) is 1.13.